The summed E-state index contributed by atoms with van der Waals surface area (Å²) in [5.74, 6) is 0. The van der Waals surface area contributed by atoms with Gasteiger partial charge < -0.3 is 9.45 Å². The van der Waals surface area contributed by atoms with Gasteiger partial charge in [0.05, 0.1) is 20.1 Å². The predicted molar refractivity (Wildman–Crippen MR) is 55.4 cm³/mol. The van der Waals surface area contributed by atoms with Crippen molar-refractivity contribution in [2.45, 2.75) is 43.7 Å². The largest absolute Gasteiger partial charge is 0.741 e. The Morgan fingerprint density at radius 3 is 1.65 bits per heavy atom. The fraction of sp³-hybridized carbons (Fsp3) is 1.00. The average Bonchev–Trinajstić information content (AvgIpc) is 2.17. The van der Waals surface area contributed by atoms with E-state index in [0.29, 0.717) is 0 Å². The molecule has 0 spiro atoms. The minimum atomic E-state index is -6.09. The maximum Gasteiger partial charge on any atom is 0.485 e. The number of halogens is 3. The van der Waals surface area contributed by atoms with E-state index in [9.17, 15) is 13.2 Å². The van der Waals surface area contributed by atoms with Gasteiger partial charge in [0, 0.05) is 0 Å². The summed E-state index contributed by atoms with van der Waals surface area (Å²) < 4.78 is 58.9. The second kappa shape index (κ2) is 6.55. The molecule has 0 heterocycles. The van der Waals surface area contributed by atoms with Gasteiger partial charge in [-0.3, -0.25) is 0 Å². The Bertz CT molecular complexity index is 308. The molecule has 1 saturated carbocycles. The van der Waals surface area contributed by atoms with Crippen molar-refractivity contribution in [3.05, 3.63) is 0 Å². The first-order valence-corrected chi connectivity index (χ1v) is 6.78. The standard InChI is InChI=1S/C8H17N.CHF3O3S/c1-9(2)8-6-4-3-5-7-8;2-1(3,4)8(5,6)7/h8H,3-7H2,1-2H3;(H,5,6,7). The van der Waals surface area contributed by atoms with Gasteiger partial charge >= 0.3 is 5.51 Å². The van der Waals surface area contributed by atoms with Crippen molar-refractivity contribution in [3.63, 3.8) is 0 Å². The molecule has 0 saturated heterocycles. The van der Waals surface area contributed by atoms with Crippen LogP contribution in [0, 0.1) is 0 Å². The van der Waals surface area contributed by atoms with Crippen LogP contribution in [-0.4, -0.2) is 38.6 Å². The molecule has 0 aromatic rings. The molecule has 0 amide bonds. The highest BCUT2D eigenvalue weighted by atomic mass is 32.2. The smallest absolute Gasteiger partial charge is 0.485 e. The van der Waals surface area contributed by atoms with Crippen molar-refractivity contribution in [1.82, 2.24) is 0 Å². The molecule has 17 heavy (non-hydrogen) atoms. The monoisotopic (exact) mass is 277 g/mol. The average molecular weight is 277 g/mol. The summed E-state index contributed by atoms with van der Waals surface area (Å²) in [5, 5.41) is 0. The molecule has 104 valence electrons. The number of hydrogen-bond acceptors (Lipinski definition) is 3. The second-order valence-corrected chi connectivity index (χ2v) is 5.68. The van der Waals surface area contributed by atoms with Crippen LogP contribution in [0.25, 0.3) is 0 Å². The van der Waals surface area contributed by atoms with E-state index in [2.05, 4.69) is 14.1 Å². The number of nitrogens with one attached hydrogen (secondary N) is 1. The van der Waals surface area contributed by atoms with Crippen molar-refractivity contribution in [1.29, 1.82) is 0 Å². The summed E-state index contributed by atoms with van der Waals surface area (Å²) >= 11 is 0. The van der Waals surface area contributed by atoms with E-state index in [4.69, 9.17) is 13.0 Å². The molecule has 0 unspecified atom stereocenters. The van der Waals surface area contributed by atoms with Crippen LogP contribution >= 0.6 is 0 Å². The Hall–Kier alpha value is -0.340. The predicted octanol–water partition coefficient (Wildman–Crippen LogP) is 0.515. The lowest BCUT2D eigenvalue weighted by molar-refractivity contribution is -0.887. The van der Waals surface area contributed by atoms with Gasteiger partial charge in [-0.15, -0.1) is 0 Å². The van der Waals surface area contributed by atoms with E-state index in [-0.39, 0.29) is 0 Å². The molecule has 1 aliphatic rings. The molecule has 0 bridgehead atoms. The number of hydrogen-bond donors (Lipinski definition) is 1. The third-order valence-corrected chi connectivity index (χ3v) is 3.27. The van der Waals surface area contributed by atoms with Crippen molar-refractivity contribution < 1.29 is 31.0 Å². The first kappa shape index (κ1) is 16.7. The van der Waals surface area contributed by atoms with Crippen LogP contribution < -0.4 is 4.90 Å². The second-order valence-electron chi connectivity index (χ2n) is 4.31. The van der Waals surface area contributed by atoms with Gasteiger partial charge in [0.25, 0.3) is 0 Å². The quantitative estimate of drug-likeness (QED) is 0.561. The zero-order valence-electron chi connectivity index (χ0n) is 9.88. The van der Waals surface area contributed by atoms with Crippen LogP contribution in [0.1, 0.15) is 32.1 Å². The zero-order chi connectivity index (χ0) is 13.7. The van der Waals surface area contributed by atoms with Crippen LogP contribution in [-0.2, 0) is 10.1 Å². The highest BCUT2D eigenvalue weighted by Gasteiger charge is 2.36. The summed E-state index contributed by atoms with van der Waals surface area (Å²) in [4.78, 5) is 1.65. The lowest BCUT2D eigenvalue weighted by atomic mass is 9.95. The van der Waals surface area contributed by atoms with E-state index in [1.54, 1.807) is 4.90 Å². The van der Waals surface area contributed by atoms with Gasteiger partial charge in [-0.25, -0.2) is 8.42 Å². The van der Waals surface area contributed by atoms with Crippen LogP contribution in [0.15, 0.2) is 0 Å². The third-order valence-electron chi connectivity index (χ3n) is 2.71. The lowest BCUT2D eigenvalue weighted by Gasteiger charge is -2.24. The van der Waals surface area contributed by atoms with Crippen LogP contribution in [0.4, 0.5) is 13.2 Å². The molecular weight excluding hydrogens is 259 g/mol. The SMILES string of the molecule is C[NH+](C)C1CCCCC1.O=S(=O)([O-])C(F)(F)F. The molecule has 4 nitrogen and oxygen atoms in total. The van der Waals surface area contributed by atoms with Crippen LogP contribution in [0.2, 0.25) is 0 Å². The maximum absolute atomic E-state index is 10.7. The summed E-state index contributed by atoms with van der Waals surface area (Å²) in [6, 6.07) is 0.971. The van der Waals surface area contributed by atoms with Gasteiger partial charge in [0.2, 0.25) is 0 Å². The summed E-state index contributed by atoms with van der Waals surface area (Å²) in [6.45, 7) is 0. The van der Waals surface area contributed by atoms with Crippen LogP contribution in [0.3, 0.4) is 0 Å². The Labute approximate surface area is 99.5 Å². The van der Waals surface area contributed by atoms with Gasteiger partial charge in [-0.05, 0) is 25.7 Å². The van der Waals surface area contributed by atoms with E-state index in [0.717, 1.165) is 6.04 Å². The Morgan fingerprint density at radius 1 is 1.12 bits per heavy atom. The normalized spacial score (nSPS) is 18.8. The fourth-order valence-electron chi connectivity index (χ4n) is 1.68. The molecule has 1 rings (SSSR count). The third kappa shape index (κ3) is 6.85. The molecule has 0 aromatic carbocycles. The Balaban J connectivity index is 0.000000304. The molecule has 0 aliphatic heterocycles. The first-order chi connectivity index (χ1) is 7.55. The van der Waals surface area contributed by atoms with Crippen molar-refractivity contribution in [3.8, 4) is 0 Å². The van der Waals surface area contributed by atoms with E-state index in [1.807, 2.05) is 0 Å². The number of alkyl halides is 3. The zero-order valence-corrected chi connectivity index (χ0v) is 10.7. The van der Waals surface area contributed by atoms with Crippen molar-refractivity contribution in [2.75, 3.05) is 14.1 Å². The van der Waals surface area contributed by atoms with E-state index >= 15 is 0 Å². The van der Waals surface area contributed by atoms with Crippen LogP contribution in [0.5, 0.6) is 0 Å². The minimum Gasteiger partial charge on any atom is -0.741 e. The number of quaternary nitrogens is 1. The molecule has 8 heteroatoms. The van der Waals surface area contributed by atoms with E-state index in [1.165, 1.54) is 32.1 Å². The van der Waals surface area contributed by atoms with Crippen molar-refractivity contribution >= 4 is 10.1 Å². The molecule has 1 aliphatic carbocycles. The Morgan fingerprint density at radius 2 is 1.47 bits per heavy atom. The lowest BCUT2D eigenvalue weighted by Crippen LogP contribution is -3.10. The summed E-state index contributed by atoms with van der Waals surface area (Å²) in [5.41, 5.74) is -5.65. The first-order valence-electron chi connectivity index (χ1n) is 5.38. The minimum absolute atomic E-state index is 0.971. The summed E-state index contributed by atoms with van der Waals surface area (Å²) in [7, 11) is -1.54. The molecule has 0 radical (unpaired) electrons. The maximum atomic E-state index is 10.7. The molecule has 0 atom stereocenters. The highest BCUT2D eigenvalue weighted by molar-refractivity contribution is 7.86. The topological polar surface area (TPSA) is 61.6 Å². The molecule has 1 N–H and O–H groups in total. The van der Waals surface area contributed by atoms with Gasteiger partial charge in [-0.2, -0.15) is 13.2 Å². The van der Waals surface area contributed by atoms with Gasteiger partial charge in [-0.1, -0.05) is 6.42 Å². The fourth-order valence-corrected chi connectivity index (χ4v) is 1.68. The van der Waals surface area contributed by atoms with E-state index < -0.39 is 15.6 Å². The molecular formula is C9H18F3NO3S. The summed E-state index contributed by atoms with van der Waals surface area (Å²) in [6.07, 6.45) is 7.33. The van der Waals surface area contributed by atoms with Gasteiger partial charge in [0.1, 0.15) is 0 Å². The number of rotatable bonds is 1. The van der Waals surface area contributed by atoms with Gasteiger partial charge in [0.15, 0.2) is 10.1 Å². The molecule has 0 aromatic heterocycles. The Kier molecular flexibility index (Phi) is 6.42. The van der Waals surface area contributed by atoms with Crippen molar-refractivity contribution in [2.24, 2.45) is 0 Å². The molecule has 1 fully saturated rings. The highest BCUT2D eigenvalue weighted by Crippen LogP contribution is 2.20.